The van der Waals surface area contributed by atoms with Crippen LogP contribution in [0.25, 0.3) is 11.0 Å². The summed E-state index contributed by atoms with van der Waals surface area (Å²) in [6, 6.07) is 13.6. The highest BCUT2D eigenvalue weighted by atomic mass is 19.1. The van der Waals surface area contributed by atoms with Crippen molar-refractivity contribution in [1.29, 1.82) is 0 Å². The van der Waals surface area contributed by atoms with Crippen molar-refractivity contribution in [1.82, 2.24) is 10.1 Å². The van der Waals surface area contributed by atoms with Crippen molar-refractivity contribution >= 4 is 16.7 Å². The fourth-order valence-corrected chi connectivity index (χ4v) is 5.06. The van der Waals surface area contributed by atoms with E-state index in [1.807, 2.05) is 0 Å². The summed E-state index contributed by atoms with van der Waals surface area (Å²) in [6.45, 7) is 5.40. The Morgan fingerprint density at radius 2 is 1.93 bits per heavy atom. The number of nitrogens with zero attached hydrogens (tertiary/aromatic N) is 3. The largest absolute Gasteiger partial charge is 0.356 e. The van der Waals surface area contributed by atoms with Gasteiger partial charge in [0, 0.05) is 42.7 Å². The fourth-order valence-electron chi connectivity index (χ4n) is 5.06. The van der Waals surface area contributed by atoms with Gasteiger partial charge in [-0.1, -0.05) is 23.4 Å². The maximum atomic E-state index is 13.4. The molecule has 3 aromatic rings. The number of hydrogen-bond donors (Lipinski definition) is 0. The Hall–Kier alpha value is -2.40. The lowest BCUT2D eigenvalue weighted by Crippen LogP contribution is -2.53. The third kappa shape index (κ3) is 2.98. The summed E-state index contributed by atoms with van der Waals surface area (Å²) >= 11 is 0. The molecule has 1 unspecified atom stereocenters. The first-order chi connectivity index (χ1) is 13.7. The maximum Gasteiger partial charge on any atom is 0.170 e. The Morgan fingerprint density at radius 1 is 1.11 bits per heavy atom. The monoisotopic (exact) mass is 379 g/mol. The van der Waals surface area contributed by atoms with Crippen LogP contribution >= 0.6 is 0 Å². The molecule has 146 valence electrons. The predicted octanol–water partition coefficient (Wildman–Crippen LogP) is 4.95. The molecule has 0 saturated carbocycles. The van der Waals surface area contributed by atoms with E-state index < -0.39 is 0 Å². The van der Waals surface area contributed by atoms with Crippen LogP contribution in [0.2, 0.25) is 0 Å². The van der Waals surface area contributed by atoms with Gasteiger partial charge in [0.15, 0.2) is 5.58 Å². The lowest BCUT2D eigenvalue weighted by Gasteiger charge is -2.46. The van der Waals surface area contributed by atoms with Crippen LogP contribution in [0.15, 0.2) is 47.0 Å². The summed E-state index contributed by atoms with van der Waals surface area (Å²) in [5, 5.41) is 5.25. The standard InChI is InChI=1S/C23H26FN3O/c1-2-27-20-6-4-3-5-16(20)7-10-22(27)26-13-11-17(12-14-26)23-19-9-8-18(24)15-21(19)28-25-23/h3-6,8-9,15,17,22H,2,7,10-14H2,1H3. The molecule has 1 saturated heterocycles. The van der Waals surface area contributed by atoms with E-state index in [2.05, 4.69) is 46.1 Å². The van der Waals surface area contributed by atoms with Crippen LogP contribution in [-0.2, 0) is 6.42 Å². The van der Waals surface area contributed by atoms with Crippen molar-refractivity contribution in [3.05, 3.63) is 59.5 Å². The normalized spacial score (nSPS) is 21.2. The Kier molecular flexibility index (Phi) is 4.55. The number of anilines is 1. The van der Waals surface area contributed by atoms with Gasteiger partial charge >= 0.3 is 0 Å². The van der Waals surface area contributed by atoms with E-state index in [0.717, 1.165) is 50.0 Å². The van der Waals surface area contributed by atoms with Gasteiger partial charge in [0.1, 0.15) is 5.82 Å². The molecule has 2 aliphatic rings. The van der Waals surface area contributed by atoms with Crippen LogP contribution in [-0.4, -0.2) is 35.9 Å². The molecule has 28 heavy (non-hydrogen) atoms. The van der Waals surface area contributed by atoms with Gasteiger partial charge in [-0.25, -0.2) is 4.39 Å². The molecule has 0 bridgehead atoms. The maximum absolute atomic E-state index is 13.4. The first-order valence-corrected chi connectivity index (χ1v) is 10.4. The predicted molar refractivity (Wildman–Crippen MR) is 109 cm³/mol. The third-order valence-electron chi connectivity index (χ3n) is 6.47. The average molecular weight is 379 g/mol. The number of likely N-dealkylation sites (tertiary alicyclic amines) is 1. The highest BCUT2D eigenvalue weighted by molar-refractivity contribution is 5.79. The van der Waals surface area contributed by atoms with E-state index >= 15 is 0 Å². The lowest BCUT2D eigenvalue weighted by molar-refractivity contribution is 0.136. The molecule has 1 aromatic heterocycles. The van der Waals surface area contributed by atoms with E-state index in [1.54, 1.807) is 6.07 Å². The van der Waals surface area contributed by atoms with Crippen molar-refractivity contribution in [2.75, 3.05) is 24.5 Å². The minimum absolute atomic E-state index is 0.276. The quantitative estimate of drug-likeness (QED) is 0.645. The molecule has 1 fully saturated rings. The second-order valence-electron chi connectivity index (χ2n) is 7.95. The molecule has 5 rings (SSSR count). The molecule has 2 aliphatic heterocycles. The van der Waals surface area contributed by atoms with Gasteiger partial charge in [0.05, 0.1) is 11.9 Å². The van der Waals surface area contributed by atoms with E-state index in [4.69, 9.17) is 4.52 Å². The van der Waals surface area contributed by atoms with Crippen LogP contribution in [0.1, 0.15) is 43.4 Å². The number of aromatic nitrogens is 1. The highest BCUT2D eigenvalue weighted by Crippen LogP contribution is 2.37. The average Bonchev–Trinajstić information content (AvgIpc) is 3.16. The van der Waals surface area contributed by atoms with Gasteiger partial charge in [0.2, 0.25) is 0 Å². The SMILES string of the molecule is CCN1c2ccccc2CCC1N1CCC(c2noc3cc(F)ccc23)CC1. The van der Waals surface area contributed by atoms with Crippen LogP contribution in [0, 0.1) is 5.82 Å². The second-order valence-corrected chi connectivity index (χ2v) is 7.95. The molecule has 5 heteroatoms. The molecule has 3 heterocycles. The van der Waals surface area contributed by atoms with Crippen molar-refractivity contribution in [3.63, 3.8) is 0 Å². The third-order valence-corrected chi connectivity index (χ3v) is 6.47. The lowest BCUT2D eigenvalue weighted by atomic mass is 9.90. The van der Waals surface area contributed by atoms with Crippen LogP contribution < -0.4 is 4.90 Å². The second kappa shape index (κ2) is 7.21. The summed E-state index contributed by atoms with van der Waals surface area (Å²) in [4.78, 5) is 5.20. The Morgan fingerprint density at radius 3 is 2.75 bits per heavy atom. The van der Waals surface area contributed by atoms with E-state index in [-0.39, 0.29) is 5.82 Å². The number of rotatable bonds is 3. The number of benzene rings is 2. The Balaban J connectivity index is 1.32. The summed E-state index contributed by atoms with van der Waals surface area (Å²) in [5.41, 5.74) is 4.42. The number of para-hydroxylation sites is 1. The zero-order chi connectivity index (χ0) is 19.1. The summed E-state index contributed by atoms with van der Waals surface area (Å²) < 4.78 is 18.8. The first kappa shape index (κ1) is 17.7. The Labute approximate surface area is 164 Å². The zero-order valence-electron chi connectivity index (χ0n) is 16.3. The summed E-state index contributed by atoms with van der Waals surface area (Å²) in [5.74, 6) is 0.108. The van der Waals surface area contributed by atoms with Gasteiger partial charge in [-0.3, -0.25) is 4.90 Å². The molecule has 2 aromatic carbocycles. The molecular weight excluding hydrogens is 353 g/mol. The van der Waals surface area contributed by atoms with Crippen molar-refractivity contribution in [2.45, 2.75) is 44.7 Å². The van der Waals surface area contributed by atoms with E-state index in [1.165, 1.54) is 29.8 Å². The van der Waals surface area contributed by atoms with Crippen molar-refractivity contribution in [2.24, 2.45) is 0 Å². The summed E-state index contributed by atoms with van der Waals surface area (Å²) in [7, 11) is 0. The molecular formula is C23H26FN3O. The van der Waals surface area contributed by atoms with Gasteiger partial charge in [-0.15, -0.1) is 0 Å². The molecule has 4 nitrogen and oxygen atoms in total. The topological polar surface area (TPSA) is 32.5 Å². The first-order valence-electron chi connectivity index (χ1n) is 10.4. The van der Waals surface area contributed by atoms with Gasteiger partial charge < -0.3 is 9.42 Å². The Bertz CT molecular complexity index is 977. The molecule has 0 aliphatic carbocycles. The van der Waals surface area contributed by atoms with Crippen molar-refractivity contribution < 1.29 is 8.91 Å². The minimum Gasteiger partial charge on any atom is -0.356 e. The smallest absolute Gasteiger partial charge is 0.170 e. The highest BCUT2D eigenvalue weighted by Gasteiger charge is 2.33. The zero-order valence-corrected chi connectivity index (χ0v) is 16.3. The number of hydrogen-bond acceptors (Lipinski definition) is 4. The van der Waals surface area contributed by atoms with Crippen LogP contribution in [0.3, 0.4) is 0 Å². The van der Waals surface area contributed by atoms with Gasteiger partial charge in [0.25, 0.3) is 0 Å². The number of piperidine rings is 1. The van der Waals surface area contributed by atoms with E-state index in [9.17, 15) is 4.39 Å². The number of aryl methyl sites for hydroxylation is 1. The van der Waals surface area contributed by atoms with Gasteiger partial charge in [-0.2, -0.15) is 0 Å². The molecule has 1 atom stereocenters. The number of halogens is 1. The molecule has 0 N–H and O–H groups in total. The molecule has 0 spiro atoms. The molecule has 0 amide bonds. The minimum atomic E-state index is -0.276. The van der Waals surface area contributed by atoms with Gasteiger partial charge in [-0.05, 0) is 56.4 Å². The van der Waals surface area contributed by atoms with E-state index in [0.29, 0.717) is 17.7 Å². The van der Waals surface area contributed by atoms with Crippen LogP contribution in [0.5, 0.6) is 0 Å². The fraction of sp³-hybridized carbons (Fsp3) is 0.435. The molecule has 0 radical (unpaired) electrons. The number of fused-ring (bicyclic) bond motifs is 2. The summed E-state index contributed by atoms with van der Waals surface area (Å²) in [6.07, 6.45) is 4.94. The van der Waals surface area contributed by atoms with Crippen LogP contribution in [0.4, 0.5) is 10.1 Å². The van der Waals surface area contributed by atoms with Crippen molar-refractivity contribution in [3.8, 4) is 0 Å².